The lowest BCUT2D eigenvalue weighted by Gasteiger charge is -2.24. The van der Waals surface area contributed by atoms with Gasteiger partial charge in [0.15, 0.2) is 0 Å². The summed E-state index contributed by atoms with van der Waals surface area (Å²) in [5, 5.41) is 2.14. The molecule has 0 atom stereocenters. The number of hydrogen-bond donors (Lipinski definition) is 0. The van der Waals surface area contributed by atoms with Crippen molar-refractivity contribution < 1.29 is 0 Å². The van der Waals surface area contributed by atoms with E-state index in [2.05, 4.69) is 9.97 Å². The fourth-order valence-electron chi connectivity index (χ4n) is 1.99. The van der Waals surface area contributed by atoms with Crippen LogP contribution in [0.4, 0.5) is 0 Å². The van der Waals surface area contributed by atoms with Gasteiger partial charge in [0.2, 0.25) is 0 Å². The molecule has 0 bridgehead atoms. The Balaban J connectivity index is 2.27. The third-order valence-electron chi connectivity index (χ3n) is 3.19. The van der Waals surface area contributed by atoms with Crippen LogP contribution in [0.5, 0.6) is 0 Å². The molecule has 17 heavy (non-hydrogen) atoms. The molecule has 0 saturated heterocycles. The van der Waals surface area contributed by atoms with E-state index in [9.17, 15) is 0 Å². The average Bonchev–Trinajstić information content (AvgIpc) is 2.20. The third-order valence-corrected chi connectivity index (χ3v) is 4.09. The van der Waals surface area contributed by atoms with E-state index in [1.807, 2.05) is 0 Å². The Hall–Kier alpha value is -0.570. The monoisotopic (exact) mass is 286 g/mol. The first-order valence-electron chi connectivity index (χ1n) is 5.48. The van der Waals surface area contributed by atoms with E-state index in [1.165, 1.54) is 6.42 Å². The first-order valence-corrected chi connectivity index (χ1v) is 6.61. The maximum Gasteiger partial charge on any atom is 0.142 e. The van der Waals surface area contributed by atoms with Gasteiger partial charge in [0.05, 0.1) is 20.9 Å². The van der Waals surface area contributed by atoms with Crippen LogP contribution in [0.1, 0.15) is 31.0 Å². The molecule has 0 N–H and O–H groups in total. The van der Waals surface area contributed by atoms with Crippen molar-refractivity contribution in [3.05, 3.63) is 33.2 Å². The van der Waals surface area contributed by atoms with Crippen molar-refractivity contribution in [2.24, 2.45) is 0 Å². The van der Waals surface area contributed by atoms with Gasteiger partial charge in [-0.2, -0.15) is 0 Å². The lowest BCUT2D eigenvalue weighted by Crippen LogP contribution is -2.13. The van der Waals surface area contributed by atoms with Crippen molar-refractivity contribution in [2.45, 2.75) is 25.2 Å². The maximum absolute atomic E-state index is 6.17. The third kappa shape index (κ3) is 1.88. The topological polar surface area (TPSA) is 25.8 Å². The summed E-state index contributed by atoms with van der Waals surface area (Å²) < 4.78 is 0. The number of nitrogens with zero attached hydrogens (tertiary/aromatic N) is 2. The molecule has 0 aliphatic heterocycles. The van der Waals surface area contributed by atoms with E-state index in [-0.39, 0.29) is 0 Å². The van der Waals surface area contributed by atoms with Gasteiger partial charge in [-0.3, -0.25) is 0 Å². The quantitative estimate of drug-likeness (QED) is 0.700. The smallest absolute Gasteiger partial charge is 0.142 e. The lowest BCUT2D eigenvalue weighted by molar-refractivity contribution is 0.402. The first kappa shape index (κ1) is 11.5. The van der Waals surface area contributed by atoms with Crippen molar-refractivity contribution in [3.8, 4) is 0 Å². The first-order chi connectivity index (χ1) is 8.16. The molecule has 2 nitrogen and oxygen atoms in total. The molecule has 0 radical (unpaired) electrons. The Morgan fingerprint density at radius 2 is 1.71 bits per heavy atom. The molecular weight excluding hydrogens is 279 g/mol. The average molecular weight is 288 g/mol. The fraction of sp³-hybridized carbons (Fsp3) is 0.333. The Morgan fingerprint density at radius 1 is 1.00 bits per heavy atom. The number of benzene rings is 1. The molecule has 0 spiro atoms. The standard InChI is InChI=1S/C12H9Cl3N2/c13-7-4-5-8(14)10-9(7)11(15)17-12(16-10)6-2-1-3-6/h4-6H,1-3H2. The van der Waals surface area contributed by atoms with Crippen molar-refractivity contribution in [1.82, 2.24) is 9.97 Å². The highest BCUT2D eigenvalue weighted by atomic mass is 35.5. The molecule has 3 rings (SSSR count). The van der Waals surface area contributed by atoms with Crippen LogP contribution < -0.4 is 0 Å². The molecule has 1 aromatic carbocycles. The molecule has 2 aromatic rings. The summed E-state index contributed by atoms with van der Waals surface area (Å²) in [4.78, 5) is 8.84. The number of fused-ring (bicyclic) bond motifs is 1. The van der Waals surface area contributed by atoms with E-state index in [1.54, 1.807) is 12.1 Å². The zero-order chi connectivity index (χ0) is 12.0. The highest BCUT2D eigenvalue weighted by Crippen LogP contribution is 2.38. The molecule has 0 unspecified atom stereocenters. The van der Waals surface area contributed by atoms with Gasteiger partial charge in [0.25, 0.3) is 0 Å². The van der Waals surface area contributed by atoms with Crippen molar-refractivity contribution >= 4 is 45.7 Å². The molecule has 1 aromatic heterocycles. The molecule has 1 aliphatic carbocycles. The minimum atomic E-state index is 0.393. The van der Waals surface area contributed by atoms with Crippen LogP contribution >= 0.6 is 34.8 Å². The summed E-state index contributed by atoms with van der Waals surface area (Å²) in [6.45, 7) is 0. The molecule has 88 valence electrons. The van der Waals surface area contributed by atoms with Gasteiger partial charge in [0.1, 0.15) is 11.0 Å². The van der Waals surface area contributed by atoms with Crippen molar-refractivity contribution in [3.63, 3.8) is 0 Å². The Kier molecular flexibility index (Phi) is 2.89. The maximum atomic E-state index is 6.17. The molecule has 1 heterocycles. The molecular formula is C12H9Cl3N2. The zero-order valence-corrected chi connectivity index (χ0v) is 11.1. The normalized spacial score (nSPS) is 16.2. The molecule has 0 amide bonds. The second-order valence-electron chi connectivity index (χ2n) is 4.25. The highest BCUT2D eigenvalue weighted by molar-refractivity contribution is 6.44. The summed E-state index contributed by atoms with van der Waals surface area (Å²) in [5.74, 6) is 1.21. The van der Waals surface area contributed by atoms with Gasteiger partial charge in [-0.15, -0.1) is 0 Å². The van der Waals surface area contributed by atoms with Crippen LogP contribution in [0, 0.1) is 0 Å². The Bertz CT molecular complexity index is 594. The molecule has 1 fully saturated rings. The van der Waals surface area contributed by atoms with E-state index >= 15 is 0 Å². The zero-order valence-electron chi connectivity index (χ0n) is 8.88. The van der Waals surface area contributed by atoms with Gasteiger partial charge < -0.3 is 0 Å². The molecule has 1 aliphatic rings. The molecule has 1 saturated carbocycles. The fourth-order valence-corrected chi connectivity index (χ4v) is 2.76. The van der Waals surface area contributed by atoms with Crippen molar-refractivity contribution in [2.75, 3.05) is 0 Å². The number of rotatable bonds is 1. The lowest BCUT2D eigenvalue weighted by atomic mass is 9.85. The SMILES string of the molecule is Clc1ccc(Cl)c2c(Cl)nc(C3CCC3)nc12. The number of hydrogen-bond acceptors (Lipinski definition) is 2. The number of halogens is 3. The van der Waals surface area contributed by atoms with Gasteiger partial charge >= 0.3 is 0 Å². The van der Waals surface area contributed by atoms with Gasteiger partial charge in [0, 0.05) is 5.92 Å². The number of aromatic nitrogens is 2. The minimum absolute atomic E-state index is 0.393. The Labute approximate surface area is 114 Å². The van der Waals surface area contributed by atoms with E-state index in [0.717, 1.165) is 18.7 Å². The van der Waals surface area contributed by atoms with E-state index in [0.29, 0.717) is 32.0 Å². The largest absolute Gasteiger partial charge is 0.231 e. The summed E-state index contributed by atoms with van der Waals surface area (Å²) in [5.41, 5.74) is 0.654. The van der Waals surface area contributed by atoms with Gasteiger partial charge in [-0.05, 0) is 25.0 Å². The highest BCUT2D eigenvalue weighted by Gasteiger charge is 2.24. The van der Waals surface area contributed by atoms with Gasteiger partial charge in [-0.25, -0.2) is 9.97 Å². The molecule has 5 heteroatoms. The summed E-state index contributed by atoms with van der Waals surface area (Å²) in [7, 11) is 0. The predicted molar refractivity (Wildman–Crippen MR) is 71.2 cm³/mol. The summed E-state index contributed by atoms with van der Waals surface area (Å²) >= 11 is 18.4. The van der Waals surface area contributed by atoms with Crippen LogP contribution in [0.2, 0.25) is 15.2 Å². The minimum Gasteiger partial charge on any atom is -0.231 e. The van der Waals surface area contributed by atoms with Crippen molar-refractivity contribution in [1.29, 1.82) is 0 Å². The second-order valence-corrected chi connectivity index (χ2v) is 5.43. The van der Waals surface area contributed by atoms with Crippen LogP contribution in [0.25, 0.3) is 10.9 Å². The Morgan fingerprint density at radius 3 is 2.35 bits per heavy atom. The van der Waals surface area contributed by atoms with Crippen LogP contribution in [0.15, 0.2) is 12.1 Å². The van der Waals surface area contributed by atoms with Crippen LogP contribution in [-0.4, -0.2) is 9.97 Å². The van der Waals surface area contributed by atoms with E-state index in [4.69, 9.17) is 34.8 Å². The summed E-state index contributed by atoms with van der Waals surface area (Å²) in [6.07, 6.45) is 3.48. The van der Waals surface area contributed by atoms with Crippen LogP contribution in [-0.2, 0) is 0 Å². The second kappa shape index (κ2) is 4.27. The van der Waals surface area contributed by atoms with E-state index < -0.39 is 0 Å². The predicted octanol–water partition coefficient (Wildman–Crippen LogP) is 4.86. The summed E-state index contributed by atoms with van der Waals surface area (Å²) in [6, 6.07) is 3.45. The van der Waals surface area contributed by atoms with Gasteiger partial charge in [-0.1, -0.05) is 41.2 Å². The van der Waals surface area contributed by atoms with Crippen LogP contribution in [0.3, 0.4) is 0 Å².